The number of halogens is 2. The number of aldehydes is 1. The summed E-state index contributed by atoms with van der Waals surface area (Å²) in [6.07, 6.45) is 6.27. The number of carbonyl (C=O) groups is 2. The maximum absolute atomic E-state index is 12.3. The van der Waals surface area contributed by atoms with Gasteiger partial charge in [0.15, 0.2) is 5.75 Å². The highest BCUT2D eigenvalue weighted by Gasteiger charge is 2.22. The van der Waals surface area contributed by atoms with Gasteiger partial charge in [-0.05, 0) is 103 Å². The summed E-state index contributed by atoms with van der Waals surface area (Å²) in [5.41, 5.74) is 5.60. The summed E-state index contributed by atoms with van der Waals surface area (Å²) in [6, 6.07) is 12.4. The fraction of sp³-hybridized carbons (Fsp3) is 0.412. The van der Waals surface area contributed by atoms with Crippen LogP contribution in [0.15, 0.2) is 72.9 Å². The molecule has 0 spiro atoms. The van der Waals surface area contributed by atoms with E-state index in [1.807, 2.05) is 25.0 Å². The van der Waals surface area contributed by atoms with Crippen LogP contribution in [0.3, 0.4) is 0 Å². The molecule has 2 aromatic carbocycles. The maximum atomic E-state index is 12.3. The molecular formula is C34H44F2O7. The molecular weight excluding hydrogens is 558 g/mol. The van der Waals surface area contributed by atoms with Gasteiger partial charge in [0.05, 0.1) is 26.9 Å². The van der Waals surface area contributed by atoms with Gasteiger partial charge in [0.25, 0.3) is 6.08 Å². The Morgan fingerprint density at radius 3 is 2.23 bits per heavy atom. The Morgan fingerprint density at radius 2 is 1.70 bits per heavy atom. The Hall–Kier alpha value is -3.66. The second kappa shape index (κ2) is 21.1. The third-order valence-corrected chi connectivity index (χ3v) is 7.18. The number of rotatable bonds is 14. The van der Waals surface area contributed by atoms with Crippen molar-refractivity contribution in [3.8, 4) is 22.6 Å². The van der Waals surface area contributed by atoms with Gasteiger partial charge < -0.3 is 24.6 Å². The largest absolute Gasteiger partial charge is 0.489 e. The fourth-order valence-corrected chi connectivity index (χ4v) is 4.85. The molecule has 1 aliphatic rings. The van der Waals surface area contributed by atoms with Crippen LogP contribution >= 0.6 is 0 Å². The third-order valence-electron chi connectivity index (χ3n) is 7.18. The molecule has 2 aromatic rings. The lowest BCUT2D eigenvalue weighted by molar-refractivity contribution is -0.179. The summed E-state index contributed by atoms with van der Waals surface area (Å²) in [5.74, 6) is 2.12. The van der Waals surface area contributed by atoms with Crippen LogP contribution in [0.1, 0.15) is 62.0 Å². The van der Waals surface area contributed by atoms with E-state index >= 15 is 0 Å². The average Bonchev–Trinajstić information content (AvgIpc) is 3.02. The van der Waals surface area contributed by atoms with Crippen LogP contribution in [-0.2, 0) is 14.5 Å². The molecule has 1 saturated carbocycles. The molecule has 236 valence electrons. The predicted octanol–water partition coefficient (Wildman–Crippen LogP) is 7.30. The van der Waals surface area contributed by atoms with Gasteiger partial charge >= 0.3 is 0 Å². The van der Waals surface area contributed by atoms with Gasteiger partial charge in [-0.25, -0.2) is 0 Å². The standard InChI is InChI=1S/C29H36F2O4.C4H6O2.CH2O/c1-20(19-32)15-16-34-28-18-25(12-14-27(28)35-33-3)26-13-11-24(17-21(26)2)23-9-7-22(8-10-23)5-4-6-29(30)31;1-4(2-5)3-6;1-2/h6,11-14,17-18,22-23,32H,1,4-5,7-10,15-16,19H2,2-3H3;2,6H,1,3H2;1H2. The highest BCUT2D eigenvalue weighted by molar-refractivity contribution is 5.72. The van der Waals surface area contributed by atoms with Crippen molar-refractivity contribution in [3.63, 3.8) is 0 Å². The average molecular weight is 603 g/mol. The van der Waals surface area contributed by atoms with E-state index in [0.717, 1.165) is 49.3 Å². The molecule has 7 nitrogen and oxygen atoms in total. The molecule has 0 aliphatic heterocycles. The van der Waals surface area contributed by atoms with E-state index in [4.69, 9.17) is 29.5 Å². The minimum atomic E-state index is -1.57. The number of benzene rings is 2. The monoisotopic (exact) mass is 602 g/mol. The van der Waals surface area contributed by atoms with Gasteiger partial charge in [-0.15, -0.1) is 0 Å². The van der Waals surface area contributed by atoms with Crippen molar-refractivity contribution in [2.75, 3.05) is 26.9 Å². The first-order valence-corrected chi connectivity index (χ1v) is 14.1. The summed E-state index contributed by atoms with van der Waals surface area (Å²) >= 11 is 0. The Bertz CT molecular complexity index is 1180. The summed E-state index contributed by atoms with van der Waals surface area (Å²) in [4.78, 5) is 27.6. The highest BCUT2D eigenvalue weighted by Crippen LogP contribution is 2.40. The SMILES string of the molecule is C=C(C=O)CO.C=C(CO)CCOc1cc(-c2ccc(C3CCC(CCC=C(F)F)CC3)cc2C)ccc1OOC.C=O. The number of hydrogen-bond acceptors (Lipinski definition) is 7. The van der Waals surface area contributed by atoms with Crippen LogP contribution in [0, 0.1) is 12.8 Å². The second-order valence-electron chi connectivity index (χ2n) is 10.2. The second-order valence-corrected chi connectivity index (χ2v) is 10.2. The molecule has 0 bridgehead atoms. The van der Waals surface area contributed by atoms with E-state index in [1.165, 1.54) is 18.2 Å². The Labute approximate surface area is 253 Å². The lowest BCUT2D eigenvalue weighted by atomic mass is 9.76. The van der Waals surface area contributed by atoms with Crippen molar-refractivity contribution in [1.29, 1.82) is 0 Å². The molecule has 0 saturated heterocycles. The minimum Gasteiger partial charge on any atom is -0.489 e. The number of allylic oxidation sites excluding steroid dienone is 1. The van der Waals surface area contributed by atoms with Gasteiger partial charge in [-0.1, -0.05) is 37.4 Å². The molecule has 43 heavy (non-hydrogen) atoms. The van der Waals surface area contributed by atoms with E-state index in [9.17, 15) is 13.6 Å². The molecule has 0 radical (unpaired) electrons. The zero-order valence-corrected chi connectivity index (χ0v) is 25.2. The van der Waals surface area contributed by atoms with Crippen LogP contribution in [-0.4, -0.2) is 50.2 Å². The molecule has 2 N–H and O–H groups in total. The molecule has 0 unspecified atom stereocenters. The van der Waals surface area contributed by atoms with Gasteiger partial charge in [0.1, 0.15) is 13.1 Å². The van der Waals surface area contributed by atoms with Crippen LogP contribution in [0.25, 0.3) is 11.1 Å². The number of aliphatic hydroxyl groups is 2. The molecule has 9 heteroatoms. The normalized spacial score (nSPS) is 15.5. The van der Waals surface area contributed by atoms with Gasteiger partial charge in [-0.2, -0.15) is 13.7 Å². The number of hydrogen-bond donors (Lipinski definition) is 2. The van der Waals surface area contributed by atoms with E-state index in [2.05, 4.69) is 38.3 Å². The predicted molar refractivity (Wildman–Crippen MR) is 164 cm³/mol. The molecule has 1 fully saturated rings. The molecule has 0 atom stereocenters. The molecule has 3 rings (SSSR count). The summed E-state index contributed by atoms with van der Waals surface area (Å²) in [7, 11) is 1.45. The molecule has 0 heterocycles. The number of ether oxygens (including phenoxy) is 1. The van der Waals surface area contributed by atoms with Crippen molar-refractivity contribution in [2.45, 2.75) is 57.8 Å². The Morgan fingerprint density at radius 1 is 1.00 bits per heavy atom. The smallest absolute Gasteiger partial charge is 0.266 e. The summed E-state index contributed by atoms with van der Waals surface area (Å²) < 4.78 is 30.5. The van der Waals surface area contributed by atoms with Crippen molar-refractivity contribution in [1.82, 2.24) is 0 Å². The number of carbonyl (C=O) groups excluding carboxylic acids is 2. The molecule has 1 aliphatic carbocycles. The lowest BCUT2D eigenvalue weighted by Gasteiger charge is -2.29. The van der Waals surface area contributed by atoms with E-state index in [0.29, 0.717) is 54.6 Å². The Kier molecular flexibility index (Phi) is 18.3. The lowest BCUT2D eigenvalue weighted by Crippen LogP contribution is -2.13. The molecule has 0 amide bonds. The van der Waals surface area contributed by atoms with E-state index < -0.39 is 6.08 Å². The van der Waals surface area contributed by atoms with Crippen molar-refractivity contribution < 1.29 is 43.1 Å². The number of aryl methyl sites for hydroxylation is 1. The van der Waals surface area contributed by atoms with Gasteiger partial charge in [-0.3, -0.25) is 4.79 Å². The summed E-state index contributed by atoms with van der Waals surface area (Å²) in [5, 5.41) is 17.2. The highest BCUT2D eigenvalue weighted by atomic mass is 19.3. The van der Waals surface area contributed by atoms with Crippen molar-refractivity contribution in [2.24, 2.45) is 5.92 Å². The van der Waals surface area contributed by atoms with Crippen LogP contribution in [0.4, 0.5) is 8.78 Å². The minimum absolute atomic E-state index is 0.0610. The fourth-order valence-electron chi connectivity index (χ4n) is 4.85. The third kappa shape index (κ3) is 13.5. The zero-order chi connectivity index (χ0) is 32.2. The van der Waals surface area contributed by atoms with Gasteiger partial charge in [0.2, 0.25) is 5.75 Å². The maximum Gasteiger partial charge on any atom is 0.266 e. The van der Waals surface area contributed by atoms with Gasteiger partial charge in [0, 0.05) is 12.0 Å². The quantitative estimate of drug-likeness (QED) is 0.0769. The van der Waals surface area contributed by atoms with Crippen LogP contribution < -0.4 is 9.62 Å². The van der Waals surface area contributed by atoms with Crippen LogP contribution in [0.5, 0.6) is 11.5 Å². The zero-order valence-electron chi connectivity index (χ0n) is 25.2. The first kappa shape index (κ1) is 37.4. The summed E-state index contributed by atoms with van der Waals surface area (Å²) in [6.45, 7) is 11.2. The molecule has 0 aromatic heterocycles. The Balaban J connectivity index is 0.00000103. The van der Waals surface area contributed by atoms with E-state index in [1.54, 1.807) is 0 Å². The van der Waals surface area contributed by atoms with E-state index in [-0.39, 0.29) is 18.8 Å². The number of aliphatic hydroxyl groups excluding tert-OH is 2. The first-order chi connectivity index (χ1) is 20.7. The van der Waals surface area contributed by atoms with Crippen molar-refractivity contribution >= 4 is 13.1 Å². The first-order valence-electron chi connectivity index (χ1n) is 14.1. The topological polar surface area (TPSA) is 102 Å². The van der Waals surface area contributed by atoms with Crippen molar-refractivity contribution in [3.05, 3.63) is 84.0 Å². The van der Waals surface area contributed by atoms with Crippen LogP contribution in [0.2, 0.25) is 0 Å².